The lowest BCUT2D eigenvalue weighted by Crippen LogP contribution is -2.11. The number of thiophene rings is 1. The van der Waals surface area contributed by atoms with Crippen molar-refractivity contribution in [1.82, 2.24) is 0 Å². The van der Waals surface area contributed by atoms with Gasteiger partial charge in [-0.2, -0.15) is 0 Å². The van der Waals surface area contributed by atoms with Gasteiger partial charge >= 0.3 is 0 Å². The van der Waals surface area contributed by atoms with E-state index in [-0.39, 0.29) is 0 Å². The molecule has 0 atom stereocenters. The van der Waals surface area contributed by atoms with Crippen LogP contribution in [0.1, 0.15) is 22.9 Å². The maximum atomic E-state index is 12.2. The molecule has 0 radical (unpaired) electrons. The molecule has 3 nitrogen and oxygen atoms in total. The fraction of sp³-hybridized carbons (Fsp3) is 0.286. The zero-order valence-corrected chi connectivity index (χ0v) is 12.9. The van der Waals surface area contributed by atoms with E-state index >= 15 is 0 Å². The predicted octanol–water partition coefficient (Wildman–Crippen LogP) is 3.73. The highest BCUT2D eigenvalue weighted by Crippen LogP contribution is 2.27. The first-order chi connectivity index (χ1) is 8.92. The van der Waals surface area contributed by atoms with E-state index in [0.717, 1.165) is 22.4 Å². The molecular weight excluding hydrogens is 278 g/mol. The van der Waals surface area contributed by atoms with E-state index < -0.39 is 10.0 Å². The molecule has 1 heterocycles. The number of hydrogen-bond acceptors (Lipinski definition) is 3. The Morgan fingerprint density at radius 2 is 1.79 bits per heavy atom. The van der Waals surface area contributed by atoms with Gasteiger partial charge in [-0.25, -0.2) is 8.42 Å². The van der Waals surface area contributed by atoms with Gasteiger partial charge in [-0.1, -0.05) is 19.1 Å². The summed E-state index contributed by atoms with van der Waals surface area (Å²) in [6, 6.07) is 8.85. The summed E-state index contributed by atoms with van der Waals surface area (Å²) in [5.41, 5.74) is 2.23. The van der Waals surface area contributed by atoms with Crippen LogP contribution in [0.5, 0.6) is 0 Å². The first-order valence-electron chi connectivity index (χ1n) is 6.11. The summed E-state index contributed by atoms with van der Waals surface area (Å²) >= 11 is 1.45. The number of sulfonamides is 1. The first-order valence-corrected chi connectivity index (χ1v) is 8.41. The molecule has 0 unspecified atom stereocenters. The van der Waals surface area contributed by atoms with Crippen molar-refractivity contribution in [2.24, 2.45) is 0 Å². The van der Waals surface area contributed by atoms with Crippen molar-refractivity contribution in [3.05, 3.63) is 46.3 Å². The number of rotatable bonds is 4. The standard InChI is InChI=1S/C14H17NO2S2/c1-4-12-5-7-13(8-6-12)19(16,17)15-14-9-10(2)11(3)18-14/h5-9,15H,4H2,1-3H3. The molecule has 2 rings (SSSR count). The van der Waals surface area contributed by atoms with Crippen molar-refractivity contribution in [2.75, 3.05) is 4.72 Å². The highest BCUT2D eigenvalue weighted by Gasteiger charge is 2.15. The fourth-order valence-electron chi connectivity index (χ4n) is 1.72. The van der Waals surface area contributed by atoms with Gasteiger partial charge < -0.3 is 0 Å². The molecule has 0 bridgehead atoms. The van der Waals surface area contributed by atoms with Crippen LogP contribution in [0.25, 0.3) is 0 Å². The van der Waals surface area contributed by atoms with Crippen LogP contribution in [0.3, 0.4) is 0 Å². The van der Waals surface area contributed by atoms with Crippen molar-refractivity contribution in [3.63, 3.8) is 0 Å². The molecule has 102 valence electrons. The van der Waals surface area contributed by atoms with E-state index in [1.165, 1.54) is 11.3 Å². The van der Waals surface area contributed by atoms with Gasteiger partial charge in [0.25, 0.3) is 10.0 Å². The minimum atomic E-state index is -3.48. The Morgan fingerprint density at radius 1 is 1.16 bits per heavy atom. The van der Waals surface area contributed by atoms with Crippen molar-refractivity contribution in [2.45, 2.75) is 32.1 Å². The van der Waals surface area contributed by atoms with E-state index in [2.05, 4.69) is 4.72 Å². The molecule has 0 spiro atoms. The molecule has 1 aromatic heterocycles. The Labute approximate surface area is 118 Å². The average Bonchev–Trinajstić information content (AvgIpc) is 2.67. The molecule has 1 N–H and O–H groups in total. The first kappa shape index (κ1) is 14.1. The molecule has 1 aromatic carbocycles. The van der Waals surface area contributed by atoms with Gasteiger partial charge in [0.15, 0.2) is 0 Å². The summed E-state index contributed by atoms with van der Waals surface area (Å²) in [4.78, 5) is 1.42. The molecule has 0 saturated heterocycles. The number of aryl methyl sites for hydroxylation is 3. The van der Waals surface area contributed by atoms with Crippen molar-refractivity contribution >= 4 is 26.4 Å². The molecule has 19 heavy (non-hydrogen) atoms. The van der Waals surface area contributed by atoms with Gasteiger partial charge in [-0.05, 0) is 49.6 Å². The molecule has 0 saturated carbocycles. The number of nitrogens with one attached hydrogen (secondary N) is 1. The highest BCUT2D eigenvalue weighted by molar-refractivity contribution is 7.93. The SMILES string of the molecule is CCc1ccc(S(=O)(=O)Nc2cc(C)c(C)s2)cc1. The summed E-state index contributed by atoms with van der Waals surface area (Å²) in [5.74, 6) is 0. The molecule has 2 aromatic rings. The topological polar surface area (TPSA) is 46.2 Å². The van der Waals surface area contributed by atoms with E-state index in [1.807, 2.05) is 39.0 Å². The quantitative estimate of drug-likeness (QED) is 0.934. The summed E-state index contributed by atoms with van der Waals surface area (Å²) in [6.07, 6.45) is 0.900. The van der Waals surface area contributed by atoms with Gasteiger partial charge in [0.1, 0.15) is 5.00 Å². The Balaban J connectivity index is 2.26. The number of anilines is 1. The molecule has 0 fully saturated rings. The smallest absolute Gasteiger partial charge is 0.262 e. The fourth-order valence-corrected chi connectivity index (χ4v) is 3.94. The molecule has 0 aliphatic rings. The van der Waals surface area contributed by atoms with Crippen LogP contribution in [-0.2, 0) is 16.4 Å². The van der Waals surface area contributed by atoms with Gasteiger partial charge in [-0.15, -0.1) is 11.3 Å². The summed E-state index contributed by atoms with van der Waals surface area (Å²) in [7, 11) is -3.48. The van der Waals surface area contributed by atoms with Gasteiger partial charge in [0.2, 0.25) is 0 Å². The Hall–Kier alpha value is -1.33. The molecule has 0 aliphatic carbocycles. The predicted molar refractivity (Wildman–Crippen MR) is 80.4 cm³/mol. The lowest BCUT2D eigenvalue weighted by Gasteiger charge is -2.06. The Morgan fingerprint density at radius 3 is 2.26 bits per heavy atom. The van der Waals surface area contributed by atoms with E-state index in [9.17, 15) is 8.42 Å². The largest absolute Gasteiger partial charge is 0.270 e. The van der Waals surface area contributed by atoms with Gasteiger partial charge in [-0.3, -0.25) is 4.72 Å². The lowest BCUT2D eigenvalue weighted by atomic mass is 10.2. The second-order valence-electron chi connectivity index (χ2n) is 4.45. The maximum Gasteiger partial charge on any atom is 0.262 e. The normalized spacial score (nSPS) is 11.5. The van der Waals surface area contributed by atoms with Crippen molar-refractivity contribution in [1.29, 1.82) is 0 Å². The van der Waals surface area contributed by atoms with Crippen LogP contribution in [0.15, 0.2) is 35.2 Å². The highest BCUT2D eigenvalue weighted by atomic mass is 32.2. The van der Waals surface area contributed by atoms with Crippen LogP contribution in [0.2, 0.25) is 0 Å². The van der Waals surface area contributed by atoms with Crippen LogP contribution < -0.4 is 4.72 Å². The van der Waals surface area contributed by atoms with E-state index in [0.29, 0.717) is 9.90 Å². The summed E-state index contributed by atoms with van der Waals surface area (Å²) < 4.78 is 27.1. The summed E-state index contributed by atoms with van der Waals surface area (Å²) in [6.45, 7) is 5.99. The Bertz CT molecular complexity index is 650. The third-order valence-electron chi connectivity index (χ3n) is 3.04. The number of benzene rings is 1. The van der Waals surface area contributed by atoms with Gasteiger partial charge in [0.05, 0.1) is 4.90 Å². The van der Waals surface area contributed by atoms with Crippen molar-refractivity contribution in [3.8, 4) is 0 Å². The second-order valence-corrected chi connectivity index (χ2v) is 7.39. The lowest BCUT2D eigenvalue weighted by molar-refractivity contribution is 0.601. The van der Waals surface area contributed by atoms with E-state index in [4.69, 9.17) is 0 Å². The van der Waals surface area contributed by atoms with Crippen LogP contribution in [-0.4, -0.2) is 8.42 Å². The van der Waals surface area contributed by atoms with Crippen LogP contribution >= 0.6 is 11.3 Å². The minimum absolute atomic E-state index is 0.299. The third-order valence-corrected chi connectivity index (χ3v) is 5.62. The monoisotopic (exact) mass is 295 g/mol. The average molecular weight is 295 g/mol. The van der Waals surface area contributed by atoms with Crippen LogP contribution in [0, 0.1) is 13.8 Å². The van der Waals surface area contributed by atoms with Gasteiger partial charge in [0, 0.05) is 4.88 Å². The maximum absolute atomic E-state index is 12.2. The zero-order valence-electron chi connectivity index (χ0n) is 11.2. The minimum Gasteiger partial charge on any atom is -0.270 e. The zero-order chi connectivity index (χ0) is 14.0. The molecular formula is C14H17NO2S2. The third kappa shape index (κ3) is 3.16. The van der Waals surface area contributed by atoms with E-state index in [1.54, 1.807) is 12.1 Å². The molecule has 5 heteroatoms. The van der Waals surface area contributed by atoms with Crippen molar-refractivity contribution < 1.29 is 8.42 Å². The Kier molecular flexibility index (Phi) is 3.96. The number of hydrogen-bond donors (Lipinski definition) is 1. The second kappa shape index (κ2) is 5.35. The molecule has 0 amide bonds. The molecule has 0 aliphatic heterocycles. The summed E-state index contributed by atoms with van der Waals surface area (Å²) in [5, 5.41) is 0.662. The van der Waals surface area contributed by atoms with Crippen LogP contribution in [0.4, 0.5) is 5.00 Å².